The van der Waals surface area contributed by atoms with Gasteiger partial charge in [0.25, 0.3) is 0 Å². The van der Waals surface area contributed by atoms with Crippen molar-refractivity contribution >= 4 is 11.8 Å². The number of carboxylic acid groups (broad SMARTS) is 1. The van der Waals surface area contributed by atoms with Crippen LogP contribution in [0.2, 0.25) is 0 Å². The van der Waals surface area contributed by atoms with Gasteiger partial charge in [-0.1, -0.05) is 24.3 Å². The van der Waals surface area contributed by atoms with E-state index in [1.807, 2.05) is 18.2 Å². The Bertz CT molecular complexity index is 659. The van der Waals surface area contributed by atoms with Gasteiger partial charge >= 0.3 is 5.97 Å². The van der Waals surface area contributed by atoms with Gasteiger partial charge in [0.2, 0.25) is 0 Å². The topological polar surface area (TPSA) is 89.1 Å². The molecule has 0 spiro atoms. The molecular formula is C14H13N3O2. The molecule has 1 aliphatic carbocycles. The minimum atomic E-state index is -1.09. The van der Waals surface area contributed by atoms with Gasteiger partial charge in [-0.15, -0.1) is 0 Å². The molecular weight excluding hydrogens is 242 g/mol. The van der Waals surface area contributed by atoms with Crippen molar-refractivity contribution in [3.8, 4) is 0 Å². The lowest BCUT2D eigenvalue weighted by Gasteiger charge is -2.29. The highest BCUT2D eigenvalue weighted by molar-refractivity contribution is 5.93. The summed E-state index contributed by atoms with van der Waals surface area (Å²) in [6.07, 6.45) is 0.876. The van der Waals surface area contributed by atoms with Crippen LogP contribution < -0.4 is 5.73 Å². The third-order valence-corrected chi connectivity index (χ3v) is 3.52. The summed E-state index contributed by atoms with van der Waals surface area (Å²) >= 11 is 0. The van der Waals surface area contributed by atoms with Crippen molar-refractivity contribution in [3.63, 3.8) is 0 Å². The molecule has 19 heavy (non-hydrogen) atoms. The van der Waals surface area contributed by atoms with Gasteiger partial charge < -0.3 is 10.8 Å². The molecule has 1 unspecified atom stereocenters. The van der Waals surface area contributed by atoms with Gasteiger partial charge in [0.15, 0.2) is 0 Å². The van der Waals surface area contributed by atoms with Crippen molar-refractivity contribution in [2.75, 3.05) is 5.73 Å². The Balaban J connectivity index is 2.03. The number of carbonyl (C=O) groups is 1. The van der Waals surface area contributed by atoms with Crippen LogP contribution in [0.3, 0.4) is 0 Å². The number of nitrogens with two attached hydrogens (primary N) is 1. The number of rotatable bonds is 2. The van der Waals surface area contributed by atoms with E-state index in [0.29, 0.717) is 11.5 Å². The molecule has 3 rings (SSSR count). The van der Waals surface area contributed by atoms with Crippen LogP contribution in [0.25, 0.3) is 0 Å². The monoisotopic (exact) mass is 255 g/mol. The standard InChI is InChI=1S/C14H13N3O2/c1-7-11(14(18)19)12(15)17-13(16-7)10-6-8-4-2-3-5-9(8)10/h2-5,10H,6H2,1H3,(H,18,19)(H2,15,16,17). The molecule has 0 amide bonds. The van der Waals surface area contributed by atoms with Gasteiger partial charge in [-0.05, 0) is 24.5 Å². The summed E-state index contributed by atoms with van der Waals surface area (Å²) in [5.74, 6) is -0.311. The summed E-state index contributed by atoms with van der Waals surface area (Å²) in [6.45, 7) is 1.65. The van der Waals surface area contributed by atoms with Gasteiger partial charge in [-0.3, -0.25) is 0 Å². The number of aryl methyl sites for hydroxylation is 1. The number of fused-ring (bicyclic) bond motifs is 1. The lowest BCUT2D eigenvalue weighted by atomic mass is 9.77. The predicted molar refractivity (Wildman–Crippen MR) is 70.1 cm³/mol. The zero-order chi connectivity index (χ0) is 13.6. The van der Waals surface area contributed by atoms with E-state index in [1.54, 1.807) is 6.92 Å². The Kier molecular flexibility index (Phi) is 2.48. The van der Waals surface area contributed by atoms with Crippen molar-refractivity contribution in [1.82, 2.24) is 9.97 Å². The molecule has 1 aromatic carbocycles. The molecule has 0 saturated carbocycles. The molecule has 96 valence electrons. The molecule has 1 atom stereocenters. The second kappa shape index (κ2) is 4.05. The number of aromatic nitrogens is 2. The lowest BCUT2D eigenvalue weighted by molar-refractivity contribution is 0.0696. The quantitative estimate of drug-likeness (QED) is 0.853. The first-order chi connectivity index (χ1) is 9.08. The molecule has 2 aromatic rings. The first-order valence-electron chi connectivity index (χ1n) is 6.03. The molecule has 1 aromatic heterocycles. The van der Waals surface area contributed by atoms with Crippen LogP contribution in [-0.2, 0) is 6.42 Å². The van der Waals surface area contributed by atoms with E-state index in [4.69, 9.17) is 10.8 Å². The van der Waals surface area contributed by atoms with E-state index in [1.165, 1.54) is 11.1 Å². The normalized spacial score (nSPS) is 16.6. The Morgan fingerprint density at radius 1 is 1.37 bits per heavy atom. The largest absolute Gasteiger partial charge is 0.477 e. The number of nitrogens with zero attached hydrogens (tertiary/aromatic N) is 2. The first kappa shape index (κ1) is 11.6. The van der Waals surface area contributed by atoms with Crippen LogP contribution >= 0.6 is 0 Å². The maximum atomic E-state index is 11.0. The number of hydrogen-bond acceptors (Lipinski definition) is 4. The number of carboxylic acids is 1. The molecule has 5 nitrogen and oxygen atoms in total. The lowest BCUT2D eigenvalue weighted by Crippen LogP contribution is -2.22. The second-order valence-electron chi connectivity index (χ2n) is 4.69. The summed E-state index contributed by atoms with van der Waals surface area (Å²) in [5, 5.41) is 9.04. The maximum absolute atomic E-state index is 11.0. The zero-order valence-corrected chi connectivity index (χ0v) is 10.4. The fraction of sp³-hybridized carbons (Fsp3) is 0.214. The summed E-state index contributed by atoms with van der Waals surface area (Å²) < 4.78 is 0. The van der Waals surface area contributed by atoms with E-state index in [0.717, 1.165) is 6.42 Å². The fourth-order valence-electron chi connectivity index (χ4n) is 2.53. The number of hydrogen-bond donors (Lipinski definition) is 2. The Labute approximate surface area is 110 Å². The van der Waals surface area contributed by atoms with Crippen molar-refractivity contribution in [2.45, 2.75) is 19.3 Å². The zero-order valence-electron chi connectivity index (χ0n) is 10.4. The number of nitrogen functional groups attached to an aromatic ring is 1. The van der Waals surface area contributed by atoms with E-state index in [9.17, 15) is 4.79 Å². The van der Waals surface area contributed by atoms with Crippen LogP contribution in [0, 0.1) is 6.92 Å². The van der Waals surface area contributed by atoms with Gasteiger partial charge in [-0.2, -0.15) is 0 Å². The molecule has 0 radical (unpaired) electrons. The minimum Gasteiger partial charge on any atom is -0.477 e. The Hall–Kier alpha value is -2.43. The third-order valence-electron chi connectivity index (χ3n) is 3.52. The average Bonchev–Trinajstić information content (AvgIpc) is 2.29. The van der Waals surface area contributed by atoms with E-state index < -0.39 is 5.97 Å². The minimum absolute atomic E-state index is 0.00337. The van der Waals surface area contributed by atoms with E-state index >= 15 is 0 Å². The summed E-state index contributed by atoms with van der Waals surface area (Å²) in [5.41, 5.74) is 8.63. The van der Waals surface area contributed by atoms with Gasteiger partial charge in [0, 0.05) is 5.92 Å². The van der Waals surface area contributed by atoms with Crippen LogP contribution in [-0.4, -0.2) is 21.0 Å². The summed E-state index contributed by atoms with van der Waals surface area (Å²) in [4.78, 5) is 19.5. The van der Waals surface area contributed by atoms with Crippen molar-refractivity contribution in [3.05, 3.63) is 52.5 Å². The van der Waals surface area contributed by atoms with Crippen LogP contribution in [0.15, 0.2) is 24.3 Å². The van der Waals surface area contributed by atoms with Gasteiger partial charge in [0.05, 0.1) is 5.69 Å². The molecule has 3 N–H and O–H groups in total. The Morgan fingerprint density at radius 3 is 2.74 bits per heavy atom. The van der Waals surface area contributed by atoms with Crippen molar-refractivity contribution in [2.24, 2.45) is 0 Å². The van der Waals surface area contributed by atoms with Crippen LogP contribution in [0.4, 0.5) is 5.82 Å². The van der Waals surface area contributed by atoms with Gasteiger partial charge in [-0.25, -0.2) is 14.8 Å². The molecule has 1 aliphatic rings. The number of benzene rings is 1. The highest BCUT2D eigenvalue weighted by atomic mass is 16.4. The third kappa shape index (κ3) is 1.74. The van der Waals surface area contributed by atoms with Crippen molar-refractivity contribution < 1.29 is 9.90 Å². The second-order valence-corrected chi connectivity index (χ2v) is 4.69. The molecule has 0 aliphatic heterocycles. The Morgan fingerprint density at radius 2 is 2.11 bits per heavy atom. The van der Waals surface area contributed by atoms with Gasteiger partial charge in [0.1, 0.15) is 17.2 Å². The average molecular weight is 255 g/mol. The van der Waals surface area contributed by atoms with Crippen molar-refractivity contribution in [1.29, 1.82) is 0 Å². The first-order valence-corrected chi connectivity index (χ1v) is 6.03. The smallest absolute Gasteiger partial charge is 0.341 e. The van der Waals surface area contributed by atoms with E-state index in [2.05, 4.69) is 16.0 Å². The molecule has 0 fully saturated rings. The fourth-order valence-corrected chi connectivity index (χ4v) is 2.53. The molecule has 0 saturated heterocycles. The van der Waals surface area contributed by atoms with E-state index in [-0.39, 0.29) is 17.3 Å². The SMILES string of the molecule is Cc1nc(C2Cc3ccccc32)nc(N)c1C(=O)O. The van der Waals surface area contributed by atoms with Crippen LogP contribution in [0.1, 0.15) is 38.9 Å². The predicted octanol–water partition coefficient (Wildman–Crippen LogP) is 1.75. The highest BCUT2D eigenvalue weighted by Crippen LogP contribution is 2.38. The number of aromatic carboxylic acids is 1. The summed E-state index contributed by atoms with van der Waals surface area (Å²) in [6, 6.07) is 8.10. The molecule has 5 heteroatoms. The number of anilines is 1. The molecule has 0 bridgehead atoms. The maximum Gasteiger partial charge on any atom is 0.341 e. The van der Waals surface area contributed by atoms with Crippen LogP contribution in [0.5, 0.6) is 0 Å². The highest BCUT2D eigenvalue weighted by Gasteiger charge is 2.30. The summed E-state index contributed by atoms with van der Waals surface area (Å²) in [7, 11) is 0. The molecule has 1 heterocycles.